The van der Waals surface area contributed by atoms with Crippen LogP contribution < -0.4 is 105 Å². The summed E-state index contributed by atoms with van der Waals surface area (Å²) >= 11 is 0. The molecule has 39 nitrogen and oxygen atoms in total. The first-order valence-electron chi connectivity index (χ1n) is 43.1. The first kappa shape index (κ1) is 111. The van der Waals surface area contributed by atoms with Crippen molar-refractivity contribution in [2.45, 2.75) is 76.2 Å². The highest BCUT2D eigenvalue weighted by molar-refractivity contribution is 5.97. The van der Waals surface area contributed by atoms with Crippen LogP contribution in [0.2, 0.25) is 0 Å². The molecule has 0 radical (unpaired) electrons. The maximum absolute atomic E-state index is 14.6. The number of nitrogens with zero attached hydrogens (tertiary/aromatic N) is 9. The molecular weight excluding hydrogens is 1510 g/mol. The third-order valence-electron chi connectivity index (χ3n) is 20.3. The molecule has 0 bridgehead atoms. The van der Waals surface area contributed by atoms with E-state index in [4.69, 9.17) is 51.6 Å². The van der Waals surface area contributed by atoms with Crippen molar-refractivity contribution in [3.63, 3.8) is 0 Å². The monoisotopic (exact) mass is 1670 g/mol. The molecule has 0 aliphatic rings. The average Bonchev–Trinajstić information content (AvgIpc) is 0.857. The van der Waals surface area contributed by atoms with E-state index >= 15 is 0 Å². The smallest absolute Gasteiger partial charge is 0.308 e. The third-order valence-corrected chi connectivity index (χ3v) is 20.3. The Balaban J connectivity index is 6.21. The Morgan fingerprint density at radius 1 is 0.248 bits per heavy atom. The Morgan fingerprint density at radius 2 is 0.521 bits per heavy atom. The highest BCUT2D eigenvalue weighted by Crippen LogP contribution is 2.15. The SMILES string of the molecule is CCNCC(C)C(=O)N(CCN(CCN)CC(C)C(=O)NCCNCCN(CC(C)C(=O)N(CCNCCNC(=O)C(C)CN(CCN)CCN)CC(C)C(=O)O)C(=O)C(C)CNCCNCCN)C(=O)C(C)CNCCN(CCNC(=O)C(C)CN(CCN)CCNC(=O)C(C)CN(CCN)CCN)C(=O)C(C)CN(CCN)CCN. The molecule has 29 N–H and O–H groups in total. The predicted octanol–water partition coefficient (Wildman–Crippen LogP) is -8.57. The number of rotatable bonds is 76. The first-order chi connectivity index (χ1) is 55.9. The van der Waals surface area contributed by atoms with Gasteiger partial charge in [-0.1, -0.05) is 76.2 Å². The van der Waals surface area contributed by atoms with Crippen molar-refractivity contribution in [1.82, 2.24) is 97.3 Å². The lowest BCUT2D eigenvalue weighted by Crippen LogP contribution is -2.51. The molecule has 0 fully saturated rings. The van der Waals surface area contributed by atoms with Gasteiger partial charge in [0.15, 0.2) is 0 Å². The zero-order chi connectivity index (χ0) is 88.0. The molecule has 0 aromatic carbocycles. The number of imide groups is 1. The van der Waals surface area contributed by atoms with E-state index in [-0.39, 0.29) is 157 Å². The van der Waals surface area contributed by atoms with Crippen molar-refractivity contribution in [1.29, 1.82) is 0 Å². The molecule has 0 rings (SSSR count). The fourth-order valence-corrected chi connectivity index (χ4v) is 13.5. The molecule has 0 spiro atoms. The van der Waals surface area contributed by atoms with Crippen LogP contribution in [0, 0.1) is 59.2 Å². The molecule has 10 atom stereocenters. The van der Waals surface area contributed by atoms with Gasteiger partial charge in [-0.05, 0) is 6.54 Å². The van der Waals surface area contributed by atoms with E-state index in [1.807, 2.05) is 51.3 Å². The van der Waals surface area contributed by atoms with Crippen molar-refractivity contribution < 1.29 is 53.1 Å². The molecule has 117 heavy (non-hydrogen) atoms. The fourth-order valence-electron chi connectivity index (χ4n) is 13.5. The van der Waals surface area contributed by atoms with E-state index in [1.165, 1.54) is 16.7 Å². The number of hydrogen-bond acceptors (Lipinski definition) is 30. The van der Waals surface area contributed by atoms with E-state index in [0.29, 0.717) is 216 Å². The zero-order valence-electron chi connectivity index (χ0n) is 73.8. The van der Waals surface area contributed by atoms with E-state index in [9.17, 15) is 53.1 Å². The average molecular weight is 1670 g/mol. The Kier molecular flexibility index (Phi) is 65.2. The lowest BCUT2D eigenvalue weighted by atomic mass is 10.1. The summed E-state index contributed by atoms with van der Waals surface area (Å²) in [4.78, 5) is 154. The van der Waals surface area contributed by atoms with E-state index in [0.717, 1.165) is 0 Å². The lowest BCUT2D eigenvalue weighted by Gasteiger charge is -2.32. The van der Waals surface area contributed by atoms with Gasteiger partial charge in [0.05, 0.1) is 11.8 Å². The van der Waals surface area contributed by atoms with Gasteiger partial charge >= 0.3 is 5.97 Å². The highest BCUT2D eigenvalue weighted by atomic mass is 16.4. The molecule has 684 valence electrons. The third kappa shape index (κ3) is 50.2. The Labute approximate surface area is 701 Å². The van der Waals surface area contributed by atoms with Gasteiger partial charge in [0.2, 0.25) is 53.2 Å². The number of nitrogens with one attached hydrogen (secondary N) is 10. The number of carbonyl (C=O) groups is 10. The molecular formula is C78H166N28O11. The molecule has 0 aliphatic carbocycles. The second kappa shape index (κ2) is 68.7. The van der Waals surface area contributed by atoms with Crippen LogP contribution >= 0.6 is 0 Å². The summed E-state index contributed by atoms with van der Waals surface area (Å²) in [6.45, 7) is 38.0. The molecule has 9 amide bonds. The van der Waals surface area contributed by atoms with Crippen molar-refractivity contribution >= 4 is 59.1 Å². The zero-order valence-corrected chi connectivity index (χ0v) is 73.8. The molecule has 0 aromatic rings. The summed E-state index contributed by atoms with van der Waals surface area (Å²) in [5, 5.41) is 41.6. The number of hydrogen-bond donors (Lipinski definition) is 20. The quantitative estimate of drug-likeness (QED) is 0.0252. The van der Waals surface area contributed by atoms with Crippen LogP contribution in [0.15, 0.2) is 0 Å². The number of amides is 9. The van der Waals surface area contributed by atoms with Crippen molar-refractivity contribution in [2.24, 2.45) is 111 Å². The van der Waals surface area contributed by atoms with Gasteiger partial charge in [-0.3, -0.25) is 62.6 Å². The molecule has 10 unspecified atom stereocenters. The lowest BCUT2D eigenvalue weighted by molar-refractivity contribution is -0.150. The van der Waals surface area contributed by atoms with Crippen LogP contribution in [0.25, 0.3) is 0 Å². The van der Waals surface area contributed by atoms with Crippen LogP contribution in [0.4, 0.5) is 0 Å². The summed E-state index contributed by atoms with van der Waals surface area (Å²) in [6, 6.07) is 0. The normalized spacial score (nSPS) is 14.3. The molecule has 0 saturated carbocycles. The summed E-state index contributed by atoms with van der Waals surface area (Å²) in [6.07, 6.45) is 0. The maximum atomic E-state index is 14.6. The molecule has 0 heterocycles. The van der Waals surface area contributed by atoms with Gasteiger partial charge in [0.1, 0.15) is 0 Å². The van der Waals surface area contributed by atoms with Crippen molar-refractivity contribution in [2.75, 3.05) is 308 Å². The van der Waals surface area contributed by atoms with Gasteiger partial charge < -0.3 is 139 Å². The summed E-state index contributed by atoms with van der Waals surface area (Å²) in [7, 11) is 0. The molecule has 0 aliphatic heterocycles. The van der Waals surface area contributed by atoms with Crippen LogP contribution in [0.1, 0.15) is 76.2 Å². The summed E-state index contributed by atoms with van der Waals surface area (Å²) in [5.41, 5.74) is 52.6. The van der Waals surface area contributed by atoms with Gasteiger partial charge in [-0.15, -0.1) is 0 Å². The minimum atomic E-state index is -1.05. The van der Waals surface area contributed by atoms with E-state index < -0.39 is 53.3 Å². The predicted molar refractivity (Wildman–Crippen MR) is 464 cm³/mol. The Hall–Kier alpha value is -5.90. The van der Waals surface area contributed by atoms with Crippen molar-refractivity contribution in [3.05, 3.63) is 0 Å². The standard InChI is InChI=1S/C78H166N28O11/c1-12-88-49-60(3)76(114)106(77(115)61(4)51-93-31-43-103(74(112)66(9)56-100(38-18-84)39-19-85)46-33-97-72(110)64(7)54-101(40-20-86)42-32-96-71(109)63(6)53-99(36-16-82)37-17-83)48-47-102(41-21-87)55-65(8)70(108)95-28-25-90-29-44-104(73(111)59(2)50-92-24-23-89-22-13-79)57-67(10)75(113)105(58-68(11)78(116)117)45-30-91-26-27-94-69(107)62(5)52-98(34-14-80)35-15-81/h59-68,88-93H,12-58,79-87H2,1-11H3,(H,94,107)(H,95,108)(H,96,109)(H,97,110)(H,116,117). The number of aliphatic carboxylic acids is 1. The molecule has 0 aromatic heterocycles. The van der Waals surface area contributed by atoms with Crippen LogP contribution in [-0.4, -0.2) is 416 Å². The second-order valence-corrected chi connectivity index (χ2v) is 31.3. The first-order valence-corrected chi connectivity index (χ1v) is 43.1. The van der Waals surface area contributed by atoms with Crippen LogP contribution in [0.5, 0.6) is 0 Å². The van der Waals surface area contributed by atoms with Gasteiger partial charge in [-0.2, -0.15) is 0 Å². The fraction of sp³-hybridized carbons (Fsp3) is 0.872. The van der Waals surface area contributed by atoms with Gasteiger partial charge in [-0.25, -0.2) is 0 Å². The highest BCUT2D eigenvalue weighted by Gasteiger charge is 2.33. The van der Waals surface area contributed by atoms with Crippen molar-refractivity contribution in [3.8, 4) is 0 Å². The van der Waals surface area contributed by atoms with Crippen LogP contribution in [-0.2, 0) is 47.9 Å². The van der Waals surface area contributed by atoms with Crippen LogP contribution in [0.3, 0.4) is 0 Å². The Morgan fingerprint density at radius 3 is 0.915 bits per heavy atom. The van der Waals surface area contributed by atoms with Gasteiger partial charge in [0, 0.05) is 348 Å². The number of carboxylic acid groups (broad SMARTS) is 1. The van der Waals surface area contributed by atoms with E-state index in [1.54, 1.807) is 37.5 Å². The second-order valence-electron chi connectivity index (χ2n) is 31.3. The largest absolute Gasteiger partial charge is 0.481 e. The topological polar surface area (TPSA) is 575 Å². The summed E-state index contributed by atoms with van der Waals surface area (Å²) in [5.74, 6) is -8.31. The minimum absolute atomic E-state index is 0.0328. The minimum Gasteiger partial charge on any atom is -0.481 e. The molecule has 0 saturated heterocycles. The number of carboxylic acids is 1. The maximum Gasteiger partial charge on any atom is 0.308 e. The number of nitrogens with two attached hydrogens (primary N) is 9. The molecule has 39 heteroatoms. The summed E-state index contributed by atoms with van der Waals surface area (Å²) < 4.78 is 0. The van der Waals surface area contributed by atoms with Gasteiger partial charge in [0.25, 0.3) is 0 Å². The number of carbonyl (C=O) groups excluding carboxylic acids is 9. The Bertz CT molecular complexity index is 2670. The van der Waals surface area contributed by atoms with E-state index in [2.05, 4.69) is 67.9 Å².